The highest BCUT2D eigenvalue weighted by Crippen LogP contribution is 2.49. The van der Waals surface area contributed by atoms with E-state index in [2.05, 4.69) is 20.2 Å². The van der Waals surface area contributed by atoms with Crippen molar-refractivity contribution in [1.82, 2.24) is 25.1 Å². The topological polar surface area (TPSA) is 84.0 Å². The lowest BCUT2D eigenvalue weighted by molar-refractivity contribution is 0.0736. The van der Waals surface area contributed by atoms with E-state index in [0.717, 1.165) is 43.9 Å². The summed E-state index contributed by atoms with van der Waals surface area (Å²) in [6, 6.07) is 2.09. The van der Waals surface area contributed by atoms with Gasteiger partial charge in [-0.15, -0.1) is 0 Å². The van der Waals surface area contributed by atoms with E-state index in [4.69, 9.17) is 4.74 Å². The van der Waals surface area contributed by atoms with Crippen LogP contribution in [0.25, 0.3) is 0 Å². The summed E-state index contributed by atoms with van der Waals surface area (Å²) in [6.45, 7) is 1.84. The second kappa shape index (κ2) is 6.28. The van der Waals surface area contributed by atoms with Crippen molar-refractivity contribution >= 4 is 5.91 Å². The predicted molar refractivity (Wildman–Crippen MR) is 93.7 cm³/mol. The van der Waals surface area contributed by atoms with E-state index in [1.54, 1.807) is 0 Å². The molecule has 0 aromatic carbocycles. The van der Waals surface area contributed by atoms with Crippen molar-refractivity contribution in [3.05, 3.63) is 35.7 Å². The van der Waals surface area contributed by atoms with Crippen molar-refractivity contribution in [1.29, 1.82) is 0 Å². The summed E-state index contributed by atoms with van der Waals surface area (Å²) in [5.41, 5.74) is 1.50. The first-order valence-electron chi connectivity index (χ1n) is 9.58. The summed E-state index contributed by atoms with van der Waals surface area (Å²) in [5, 5.41) is 7.25. The average molecular weight is 371 g/mol. The van der Waals surface area contributed by atoms with E-state index < -0.39 is 5.82 Å². The molecule has 0 radical (unpaired) electrons. The van der Waals surface area contributed by atoms with Gasteiger partial charge in [0, 0.05) is 30.1 Å². The standard InChI is InChI=1S/C19H22FN5O2/c20-14-7-21-18(22-8-14)27-11-19-5-1-2-13(19)9-25(10-19)17(26)16-6-15(23-24-16)12-3-4-12/h6-8,12-13H,1-5,9-11H2,(H,23,24). The number of halogens is 1. The summed E-state index contributed by atoms with van der Waals surface area (Å²) in [5.74, 6) is 0.461. The van der Waals surface area contributed by atoms with E-state index in [1.165, 1.54) is 12.8 Å². The number of hydrogen-bond acceptors (Lipinski definition) is 5. The van der Waals surface area contributed by atoms with Crippen LogP contribution in [0.4, 0.5) is 4.39 Å². The number of aromatic amines is 1. The zero-order chi connectivity index (χ0) is 18.4. The normalized spacial score (nSPS) is 27.0. The fraction of sp³-hybridized carbons (Fsp3) is 0.579. The minimum atomic E-state index is -0.485. The van der Waals surface area contributed by atoms with Crippen molar-refractivity contribution in [2.75, 3.05) is 19.7 Å². The molecule has 2 saturated carbocycles. The van der Waals surface area contributed by atoms with Gasteiger partial charge < -0.3 is 9.64 Å². The molecule has 7 nitrogen and oxygen atoms in total. The molecule has 2 aromatic rings. The Morgan fingerprint density at radius 1 is 1.33 bits per heavy atom. The number of aromatic nitrogens is 4. The van der Waals surface area contributed by atoms with Gasteiger partial charge in [0.2, 0.25) is 0 Å². The Labute approximate surface area is 156 Å². The molecular weight excluding hydrogens is 349 g/mol. The van der Waals surface area contributed by atoms with Gasteiger partial charge in [0.1, 0.15) is 5.69 Å². The molecule has 2 unspecified atom stereocenters. The maximum absolute atomic E-state index is 13.0. The molecule has 3 aliphatic rings. The van der Waals surface area contributed by atoms with Crippen molar-refractivity contribution in [2.45, 2.75) is 38.0 Å². The van der Waals surface area contributed by atoms with Crippen molar-refractivity contribution in [2.24, 2.45) is 11.3 Å². The molecule has 0 spiro atoms. The molecule has 2 aliphatic carbocycles. The Balaban J connectivity index is 1.28. The molecule has 2 atom stereocenters. The SMILES string of the molecule is O=C(c1cc(C2CC2)[nH]n1)N1CC2CCCC2(COc2ncc(F)cn2)C1. The lowest BCUT2D eigenvalue weighted by Crippen LogP contribution is -2.36. The van der Waals surface area contributed by atoms with Crippen LogP contribution >= 0.6 is 0 Å². The van der Waals surface area contributed by atoms with Gasteiger partial charge in [-0.05, 0) is 37.7 Å². The first-order valence-corrected chi connectivity index (χ1v) is 9.58. The lowest BCUT2D eigenvalue weighted by Gasteiger charge is -2.28. The van der Waals surface area contributed by atoms with E-state index in [9.17, 15) is 9.18 Å². The summed E-state index contributed by atoms with van der Waals surface area (Å²) in [7, 11) is 0. The van der Waals surface area contributed by atoms with Gasteiger partial charge in [0.25, 0.3) is 5.91 Å². The molecule has 142 valence electrons. The van der Waals surface area contributed by atoms with Gasteiger partial charge >= 0.3 is 6.01 Å². The number of likely N-dealkylation sites (tertiary alicyclic amines) is 1. The largest absolute Gasteiger partial charge is 0.463 e. The van der Waals surface area contributed by atoms with Gasteiger partial charge in [-0.3, -0.25) is 9.89 Å². The van der Waals surface area contributed by atoms with Gasteiger partial charge in [-0.2, -0.15) is 5.10 Å². The number of hydrogen-bond donors (Lipinski definition) is 1. The van der Waals surface area contributed by atoms with Crippen LogP contribution in [0.2, 0.25) is 0 Å². The first kappa shape index (κ1) is 16.6. The van der Waals surface area contributed by atoms with Gasteiger partial charge in [-0.1, -0.05) is 6.42 Å². The molecule has 1 aliphatic heterocycles. The smallest absolute Gasteiger partial charge is 0.316 e. The zero-order valence-corrected chi connectivity index (χ0v) is 15.0. The Hall–Kier alpha value is -2.51. The first-order chi connectivity index (χ1) is 13.1. The number of rotatable bonds is 5. The number of amides is 1. The van der Waals surface area contributed by atoms with Gasteiger partial charge in [0.05, 0.1) is 19.0 Å². The second-order valence-electron chi connectivity index (χ2n) is 8.09. The minimum Gasteiger partial charge on any atom is -0.463 e. The number of nitrogens with zero attached hydrogens (tertiary/aromatic N) is 4. The maximum Gasteiger partial charge on any atom is 0.316 e. The maximum atomic E-state index is 13.0. The van der Waals surface area contributed by atoms with Gasteiger partial charge in [0.15, 0.2) is 5.82 Å². The fourth-order valence-electron chi connectivity index (χ4n) is 4.60. The minimum absolute atomic E-state index is 0.00930. The Kier molecular flexibility index (Phi) is 3.87. The molecule has 27 heavy (non-hydrogen) atoms. The van der Waals surface area contributed by atoms with Crippen LogP contribution < -0.4 is 4.74 Å². The van der Waals surface area contributed by atoms with Gasteiger partial charge in [-0.25, -0.2) is 14.4 Å². The molecule has 1 amide bonds. The van der Waals surface area contributed by atoms with Crippen LogP contribution in [0.1, 0.15) is 54.2 Å². The van der Waals surface area contributed by atoms with E-state index in [-0.39, 0.29) is 17.3 Å². The number of carbonyl (C=O) groups excluding carboxylic acids is 1. The van der Waals surface area contributed by atoms with Crippen molar-refractivity contribution in [3.8, 4) is 6.01 Å². The van der Waals surface area contributed by atoms with E-state index in [1.807, 2.05) is 11.0 Å². The van der Waals surface area contributed by atoms with E-state index >= 15 is 0 Å². The summed E-state index contributed by atoms with van der Waals surface area (Å²) in [4.78, 5) is 22.6. The predicted octanol–water partition coefficient (Wildman–Crippen LogP) is 2.54. The molecule has 3 fully saturated rings. The molecule has 8 heteroatoms. The Bertz CT molecular complexity index is 850. The number of H-pyrrole nitrogens is 1. The average Bonchev–Trinajstić information content (AvgIpc) is 3.12. The molecule has 5 rings (SSSR count). The lowest BCUT2D eigenvalue weighted by atomic mass is 9.82. The molecule has 1 N–H and O–H groups in total. The van der Waals surface area contributed by atoms with Crippen LogP contribution in [-0.4, -0.2) is 50.7 Å². The second-order valence-corrected chi connectivity index (χ2v) is 8.09. The monoisotopic (exact) mass is 371 g/mol. The Morgan fingerprint density at radius 3 is 2.93 bits per heavy atom. The molecule has 3 heterocycles. The van der Waals surface area contributed by atoms with Crippen LogP contribution in [0, 0.1) is 17.2 Å². The van der Waals surface area contributed by atoms with Crippen LogP contribution in [0.5, 0.6) is 6.01 Å². The third-order valence-corrected chi connectivity index (χ3v) is 6.25. The number of carbonyl (C=O) groups is 1. The van der Waals surface area contributed by atoms with Crippen molar-refractivity contribution in [3.63, 3.8) is 0 Å². The fourth-order valence-corrected chi connectivity index (χ4v) is 4.60. The molecular formula is C19H22FN5O2. The van der Waals surface area contributed by atoms with Crippen LogP contribution in [0.3, 0.4) is 0 Å². The highest BCUT2D eigenvalue weighted by atomic mass is 19.1. The van der Waals surface area contributed by atoms with Crippen molar-refractivity contribution < 1.29 is 13.9 Å². The number of ether oxygens (including phenoxy) is 1. The molecule has 2 aromatic heterocycles. The van der Waals surface area contributed by atoms with Crippen LogP contribution in [-0.2, 0) is 0 Å². The molecule has 0 bridgehead atoms. The number of nitrogens with one attached hydrogen (secondary N) is 1. The van der Waals surface area contributed by atoms with Crippen LogP contribution in [0.15, 0.2) is 18.5 Å². The quantitative estimate of drug-likeness (QED) is 0.873. The molecule has 1 saturated heterocycles. The highest BCUT2D eigenvalue weighted by Gasteiger charge is 2.51. The number of fused-ring (bicyclic) bond motifs is 1. The summed E-state index contributed by atoms with van der Waals surface area (Å²) < 4.78 is 18.7. The third-order valence-electron chi connectivity index (χ3n) is 6.25. The summed E-state index contributed by atoms with van der Waals surface area (Å²) >= 11 is 0. The Morgan fingerprint density at radius 2 is 2.15 bits per heavy atom. The highest BCUT2D eigenvalue weighted by molar-refractivity contribution is 5.92. The zero-order valence-electron chi connectivity index (χ0n) is 15.0. The summed E-state index contributed by atoms with van der Waals surface area (Å²) in [6.07, 6.45) is 7.79. The third kappa shape index (κ3) is 3.07. The van der Waals surface area contributed by atoms with E-state index in [0.29, 0.717) is 30.7 Å².